The molecule has 2 aromatic rings. The first-order valence-corrected chi connectivity index (χ1v) is 12.8. The monoisotopic (exact) mass is 488 g/mol. The Morgan fingerprint density at radius 3 is 2.12 bits per heavy atom. The molecule has 0 spiro atoms. The van der Waals surface area contributed by atoms with Crippen LogP contribution >= 0.6 is 0 Å². The lowest BCUT2D eigenvalue weighted by atomic mass is 10.1. The second-order valence-corrected chi connectivity index (χ2v) is 10.6. The number of rotatable bonds is 11. The third-order valence-electron chi connectivity index (χ3n) is 5.83. The van der Waals surface area contributed by atoms with Crippen molar-refractivity contribution in [2.75, 3.05) is 24.9 Å². The second-order valence-electron chi connectivity index (χ2n) is 8.57. The molecular weight excluding hydrogens is 452 g/mol. The molecule has 8 nitrogen and oxygen atoms in total. The summed E-state index contributed by atoms with van der Waals surface area (Å²) in [5.41, 5.74) is 2.24. The molecule has 0 radical (unpaired) electrons. The number of hydrogen-bond donors (Lipinski definition) is 1. The SMILES string of the molecule is CC[C@@H](C)NC(=O)[C@@H](C)N(Cc1ccccc1C)C(=O)CN(c1ccccc1)S(=O)(=O)N(C)C. The highest BCUT2D eigenvalue weighted by Crippen LogP contribution is 2.21. The van der Waals surface area contributed by atoms with Crippen LogP contribution in [0.1, 0.15) is 38.3 Å². The van der Waals surface area contributed by atoms with Crippen LogP contribution in [0.5, 0.6) is 0 Å². The normalized spacial score (nSPS) is 13.3. The van der Waals surface area contributed by atoms with Gasteiger partial charge in [0.15, 0.2) is 0 Å². The van der Waals surface area contributed by atoms with Gasteiger partial charge in [0.25, 0.3) is 0 Å². The fraction of sp³-hybridized carbons (Fsp3) is 0.440. The van der Waals surface area contributed by atoms with Gasteiger partial charge >= 0.3 is 10.2 Å². The molecule has 2 atom stereocenters. The number of carbonyl (C=O) groups is 2. The van der Waals surface area contributed by atoms with E-state index >= 15 is 0 Å². The lowest BCUT2D eigenvalue weighted by Gasteiger charge is -2.33. The maximum Gasteiger partial charge on any atom is 0.304 e. The quantitative estimate of drug-likeness (QED) is 0.527. The fourth-order valence-electron chi connectivity index (χ4n) is 3.33. The summed E-state index contributed by atoms with van der Waals surface area (Å²) in [5, 5.41) is 2.93. The highest BCUT2D eigenvalue weighted by molar-refractivity contribution is 7.90. The fourth-order valence-corrected chi connectivity index (χ4v) is 4.39. The van der Waals surface area contributed by atoms with Crippen LogP contribution in [0.3, 0.4) is 0 Å². The number of nitrogens with one attached hydrogen (secondary N) is 1. The summed E-state index contributed by atoms with van der Waals surface area (Å²) in [5.74, 6) is -0.748. The Bertz CT molecular complexity index is 1070. The molecule has 2 rings (SSSR count). The Morgan fingerprint density at radius 1 is 0.971 bits per heavy atom. The Kier molecular flexibility index (Phi) is 9.64. The lowest BCUT2D eigenvalue weighted by Crippen LogP contribution is -2.53. The predicted octanol–water partition coefficient (Wildman–Crippen LogP) is 2.94. The van der Waals surface area contributed by atoms with E-state index in [1.165, 1.54) is 19.0 Å². The van der Waals surface area contributed by atoms with E-state index < -0.39 is 28.7 Å². The Morgan fingerprint density at radius 2 is 1.56 bits per heavy atom. The maximum atomic E-state index is 13.6. The summed E-state index contributed by atoms with van der Waals surface area (Å²) in [6, 6.07) is 15.3. The van der Waals surface area contributed by atoms with E-state index in [1.54, 1.807) is 37.3 Å². The van der Waals surface area contributed by atoms with Gasteiger partial charge in [-0.05, 0) is 50.5 Å². The molecule has 0 saturated carbocycles. The molecule has 2 aromatic carbocycles. The van der Waals surface area contributed by atoms with Crippen molar-refractivity contribution in [1.29, 1.82) is 0 Å². The maximum absolute atomic E-state index is 13.6. The summed E-state index contributed by atoms with van der Waals surface area (Å²) in [6.45, 7) is 7.23. The zero-order valence-electron chi connectivity index (χ0n) is 20.9. The highest BCUT2D eigenvalue weighted by Gasteiger charge is 2.32. The summed E-state index contributed by atoms with van der Waals surface area (Å²) in [7, 11) is -1.11. The van der Waals surface area contributed by atoms with Crippen LogP contribution in [0.2, 0.25) is 0 Å². The van der Waals surface area contributed by atoms with Crippen LogP contribution < -0.4 is 9.62 Å². The predicted molar refractivity (Wildman–Crippen MR) is 135 cm³/mol. The molecule has 0 saturated heterocycles. The minimum absolute atomic E-state index is 0.0414. The van der Waals surface area contributed by atoms with E-state index in [9.17, 15) is 18.0 Å². The van der Waals surface area contributed by atoms with Gasteiger partial charge in [0.1, 0.15) is 12.6 Å². The van der Waals surface area contributed by atoms with Gasteiger partial charge in [0, 0.05) is 26.7 Å². The molecular formula is C25H36N4O4S. The van der Waals surface area contributed by atoms with E-state index in [0.29, 0.717) is 5.69 Å². The summed E-state index contributed by atoms with van der Waals surface area (Å²) >= 11 is 0. The van der Waals surface area contributed by atoms with E-state index in [0.717, 1.165) is 26.2 Å². The third-order valence-corrected chi connectivity index (χ3v) is 7.65. The molecule has 0 heterocycles. The van der Waals surface area contributed by atoms with Crippen molar-refractivity contribution in [3.05, 3.63) is 65.7 Å². The van der Waals surface area contributed by atoms with Gasteiger partial charge in [0.05, 0.1) is 5.69 Å². The van der Waals surface area contributed by atoms with Gasteiger partial charge in [-0.2, -0.15) is 12.7 Å². The van der Waals surface area contributed by atoms with Crippen LogP contribution in [-0.4, -0.2) is 62.2 Å². The van der Waals surface area contributed by atoms with Gasteiger partial charge < -0.3 is 10.2 Å². The van der Waals surface area contributed by atoms with E-state index in [4.69, 9.17) is 0 Å². The van der Waals surface area contributed by atoms with Gasteiger partial charge in [-0.3, -0.25) is 9.59 Å². The molecule has 0 bridgehead atoms. The van der Waals surface area contributed by atoms with Crippen molar-refractivity contribution in [1.82, 2.24) is 14.5 Å². The standard InChI is InChI=1S/C25H36N4O4S/c1-7-20(3)26-25(31)21(4)28(17-22-14-12-11-13-19(22)2)24(30)18-29(34(32,33)27(5)6)23-15-9-8-10-16-23/h8-16,20-21H,7,17-18H2,1-6H3,(H,26,31)/t20-,21-/m1/s1. The van der Waals surface area contributed by atoms with Crippen molar-refractivity contribution >= 4 is 27.7 Å². The molecule has 0 fully saturated rings. The molecule has 186 valence electrons. The van der Waals surface area contributed by atoms with Gasteiger partial charge in [0.2, 0.25) is 11.8 Å². The van der Waals surface area contributed by atoms with Crippen LogP contribution in [0, 0.1) is 6.92 Å². The minimum atomic E-state index is -3.95. The number of anilines is 1. The zero-order valence-corrected chi connectivity index (χ0v) is 21.7. The molecule has 34 heavy (non-hydrogen) atoms. The number of amides is 2. The molecule has 0 unspecified atom stereocenters. The number of para-hydroxylation sites is 1. The van der Waals surface area contributed by atoms with E-state index in [2.05, 4.69) is 5.32 Å². The topological polar surface area (TPSA) is 90.0 Å². The second kappa shape index (κ2) is 12.0. The summed E-state index contributed by atoms with van der Waals surface area (Å²) < 4.78 is 28.3. The molecule has 2 amide bonds. The molecule has 9 heteroatoms. The summed E-state index contributed by atoms with van der Waals surface area (Å²) in [4.78, 5) is 28.0. The van der Waals surface area contributed by atoms with Gasteiger partial charge in [-0.1, -0.05) is 49.4 Å². The number of nitrogens with zero attached hydrogens (tertiary/aromatic N) is 3. The van der Waals surface area contributed by atoms with E-state index in [1.807, 2.05) is 45.0 Å². The first kappa shape index (κ1) is 27.3. The Labute approximate surface area is 203 Å². The first-order valence-electron chi connectivity index (χ1n) is 11.4. The Balaban J connectivity index is 2.43. The average molecular weight is 489 g/mol. The van der Waals surface area contributed by atoms with Crippen LogP contribution in [0.15, 0.2) is 54.6 Å². The van der Waals surface area contributed by atoms with Crippen molar-refractivity contribution in [3.63, 3.8) is 0 Å². The van der Waals surface area contributed by atoms with Crippen molar-refractivity contribution in [3.8, 4) is 0 Å². The largest absolute Gasteiger partial charge is 0.352 e. The van der Waals surface area contributed by atoms with Crippen molar-refractivity contribution in [2.45, 2.75) is 52.7 Å². The van der Waals surface area contributed by atoms with Crippen LogP contribution in [0.4, 0.5) is 5.69 Å². The van der Waals surface area contributed by atoms with Crippen LogP contribution in [0.25, 0.3) is 0 Å². The van der Waals surface area contributed by atoms with Gasteiger partial charge in [-0.25, -0.2) is 4.31 Å². The molecule has 1 N–H and O–H groups in total. The first-order chi connectivity index (χ1) is 16.0. The molecule has 0 aliphatic rings. The lowest BCUT2D eigenvalue weighted by molar-refractivity contribution is -0.139. The summed E-state index contributed by atoms with van der Waals surface area (Å²) in [6.07, 6.45) is 0.757. The van der Waals surface area contributed by atoms with Gasteiger partial charge in [-0.15, -0.1) is 0 Å². The number of aryl methyl sites for hydroxylation is 1. The molecule has 0 aromatic heterocycles. The molecule has 0 aliphatic carbocycles. The zero-order chi connectivity index (χ0) is 25.5. The molecule has 0 aliphatic heterocycles. The smallest absolute Gasteiger partial charge is 0.304 e. The Hall–Kier alpha value is -2.91. The minimum Gasteiger partial charge on any atom is -0.352 e. The number of hydrogen-bond acceptors (Lipinski definition) is 4. The highest BCUT2D eigenvalue weighted by atomic mass is 32.2. The van der Waals surface area contributed by atoms with Crippen molar-refractivity contribution in [2.24, 2.45) is 0 Å². The third kappa shape index (κ3) is 6.80. The van der Waals surface area contributed by atoms with Crippen LogP contribution in [-0.2, 0) is 26.3 Å². The number of carbonyl (C=O) groups excluding carboxylic acids is 2. The van der Waals surface area contributed by atoms with Crippen molar-refractivity contribution < 1.29 is 18.0 Å². The number of benzene rings is 2. The van der Waals surface area contributed by atoms with E-state index in [-0.39, 0.29) is 18.5 Å². The average Bonchev–Trinajstić information content (AvgIpc) is 2.81.